The van der Waals surface area contributed by atoms with Crippen LogP contribution in [0.3, 0.4) is 0 Å². The summed E-state index contributed by atoms with van der Waals surface area (Å²) in [6, 6.07) is 55.4. The van der Waals surface area contributed by atoms with Gasteiger partial charge in [0.25, 0.3) is 0 Å². The van der Waals surface area contributed by atoms with Crippen LogP contribution in [0.15, 0.2) is 164 Å². The van der Waals surface area contributed by atoms with Crippen LogP contribution < -0.4 is 28.4 Å². The first kappa shape index (κ1) is 63.5. The molecule has 0 heterocycles. The van der Waals surface area contributed by atoms with Crippen LogP contribution in [0.2, 0.25) is 0 Å². The Morgan fingerprint density at radius 2 is 0.774 bits per heavy atom. The summed E-state index contributed by atoms with van der Waals surface area (Å²) in [6.07, 6.45) is 14.7. The van der Waals surface area contributed by atoms with Gasteiger partial charge in [-0.3, -0.25) is 4.79 Å². The van der Waals surface area contributed by atoms with E-state index in [1.165, 1.54) is 28.7 Å². The standard InChI is InChI=1S/C72H83NO11/c1-76-42-10-3-4-11-44-79-66-34-22-57(23-35-66)50-58-24-36-67(37-25-58)80-45-13-7-8-15-48-83-72(75)64-51-63(71(74)17-9-16-43-78-55-84-69-38-26-59(27-39-69)49-56-20-32-65(77-2)33-21-56)52-70(53-64)82-47-14-6-5-12-46-81-68-40-30-62(31-41-68)61-28-18-60(54-73)19-29-61/h18-41,51-53H,3-17,42-50,55H2,1-2H3. The monoisotopic (exact) mass is 1140 g/mol. The second kappa shape index (κ2) is 37.2. The van der Waals surface area contributed by atoms with Crippen LogP contribution in [0.4, 0.5) is 0 Å². The fourth-order valence-electron chi connectivity index (χ4n) is 9.40. The number of ketones is 1. The molecule has 442 valence electrons. The highest BCUT2D eigenvalue weighted by atomic mass is 16.7. The number of nitrogens with zero attached hydrogens (tertiary/aromatic N) is 1. The molecule has 0 saturated carbocycles. The first-order valence-corrected chi connectivity index (χ1v) is 29.9. The van der Waals surface area contributed by atoms with Gasteiger partial charge in [0.2, 0.25) is 0 Å². The molecule has 0 aliphatic heterocycles. The fraction of sp³-hybridized carbons (Fsp3) is 0.375. The summed E-state index contributed by atoms with van der Waals surface area (Å²) in [6.45, 7) is 4.02. The molecule has 0 amide bonds. The number of nitriles is 1. The van der Waals surface area contributed by atoms with Crippen LogP contribution in [0.25, 0.3) is 11.1 Å². The minimum atomic E-state index is -0.480. The van der Waals surface area contributed by atoms with Gasteiger partial charge in [-0.25, -0.2) is 4.79 Å². The topological polar surface area (TPSA) is 141 Å². The zero-order valence-corrected chi connectivity index (χ0v) is 49.2. The van der Waals surface area contributed by atoms with E-state index in [9.17, 15) is 9.59 Å². The van der Waals surface area contributed by atoms with Gasteiger partial charge in [0.05, 0.1) is 63.9 Å². The summed E-state index contributed by atoms with van der Waals surface area (Å²) in [5.41, 5.74) is 8.29. The van der Waals surface area contributed by atoms with Crippen LogP contribution in [0.1, 0.15) is 145 Å². The Hall–Kier alpha value is -8.11. The molecule has 0 aliphatic rings. The molecule has 7 aromatic rings. The number of methoxy groups -OCH3 is 2. The maximum Gasteiger partial charge on any atom is 0.338 e. The number of rotatable bonds is 41. The number of Topliss-reactive ketones (excluding diaryl/α,β-unsaturated/α-hetero) is 1. The normalized spacial score (nSPS) is 10.9. The number of hydrogen-bond acceptors (Lipinski definition) is 12. The fourth-order valence-corrected chi connectivity index (χ4v) is 9.40. The summed E-state index contributed by atoms with van der Waals surface area (Å²) in [4.78, 5) is 27.1. The van der Waals surface area contributed by atoms with Crippen molar-refractivity contribution in [2.24, 2.45) is 0 Å². The van der Waals surface area contributed by atoms with Gasteiger partial charge in [-0.1, -0.05) is 79.2 Å². The first-order valence-electron chi connectivity index (χ1n) is 29.9. The summed E-state index contributed by atoms with van der Waals surface area (Å²) >= 11 is 0. The molecule has 12 nitrogen and oxygen atoms in total. The Morgan fingerprint density at radius 3 is 1.24 bits per heavy atom. The first-order chi connectivity index (χ1) is 41.3. The minimum absolute atomic E-state index is 0.0781. The Bertz CT molecular complexity index is 3010. The summed E-state index contributed by atoms with van der Waals surface area (Å²) in [7, 11) is 3.41. The van der Waals surface area contributed by atoms with E-state index in [0.717, 1.165) is 130 Å². The summed E-state index contributed by atoms with van der Waals surface area (Å²) in [5.74, 6) is 4.04. The molecule has 0 unspecified atom stereocenters. The van der Waals surface area contributed by atoms with Gasteiger partial charge in [0, 0.05) is 25.7 Å². The second-order valence-electron chi connectivity index (χ2n) is 20.9. The summed E-state index contributed by atoms with van der Waals surface area (Å²) < 4.78 is 51.8. The van der Waals surface area contributed by atoms with E-state index in [0.29, 0.717) is 74.6 Å². The Morgan fingerprint density at radius 1 is 0.381 bits per heavy atom. The van der Waals surface area contributed by atoms with Crippen molar-refractivity contribution in [3.63, 3.8) is 0 Å². The largest absolute Gasteiger partial charge is 0.497 e. The molecule has 0 bridgehead atoms. The Kier molecular flexibility index (Phi) is 28.1. The van der Waals surface area contributed by atoms with Crippen LogP contribution in [0, 0.1) is 11.3 Å². The minimum Gasteiger partial charge on any atom is -0.497 e. The van der Waals surface area contributed by atoms with E-state index in [-0.39, 0.29) is 19.2 Å². The molecule has 0 spiro atoms. The number of hydrogen-bond donors (Lipinski definition) is 0. The third-order valence-corrected chi connectivity index (χ3v) is 14.3. The van der Waals surface area contributed by atoms with E-state index in [2.05, 4.69) is 54.6 Å². The lowest BCUT2D eigenvalue weighted by molar-refractivity contribution is 0.0136. The lowest BCUT2D eigenvalue weighted by Crippen LogP contribution is -2.10. The van der Waals surface area contributed by atoms with Crippen molar-refractivity contribution < 1.29 is 52.2 Å². The van der Waals surface area contributed by atoms with Crippen LogP contribution >= 0.6 is 0 Å². The smallest absolute Gasteiger partial charge is 0.338 e. The average Bonchev–Trinajstić information content (AvgIpc) is 3.70. The maximum absolute atomic E-state index is 13.6. The number of carbonyl (C=O) groups is 2. The highest BCUT2D eigenvalue weighted by molar-refractivity contribution is 5.99. The molecule has 7 aromatic carbocycles. The van der Waals surface area contributed by atoms with Crippen molar-refractivity contribution in [1.82, 2.24) is 0 Å². The Labute approximate surface area is 497 Å². The molecule has 7 rings (SSSR count). The predicted molar refractivity (Wildman–Crippen MR) is 330 cm³/mol. The zero-order chi connectivity index (χ0) is 58.7. The SMILES string of the molecule is COCCCCCCOc1ccc(Cc2ccc(OCCCCCCOC(=O)c3cc(OCCCCCCOc4ccc(-c5ccc(C#N)cc5)cc4)cc(C(=O)CCCCOCOc4ccc(Cc5ccc(OC)cc5)cc4)c3)cc2)cc1. The van der Waals surface area contributed by atoms with Gasteiger partial charge in [-0.05, 0) is 221 Å². The molecular weight excluding hydrogens is 1050 g/mol. The average molecular weight is 1140 g/mol. The van der Waals surface area contributed by atoms with Gasteiger partial charge in [-0.15, -0.1) is 0 Å². The zero-order valence-electron chi connectivity index (χ0n) is 49.2. The second-order valence-corrected chi connectivity index (χ2v) is 20.9. The maximum atomic E-state index is 13.6. The van der Waals surface area contributed by atoms with Crippen molar-refractivity contribution in [2.75, 3.05) is 67.3 Å². The molecule has 0 radical (unpaired) electrons. The molecular formula is C72H83NO11. The van der Waals surface area contributed by atoms with Crippen molar-refractivity contribution in [1.29, 1.82) is 5.26 Å². The van der Waals surface area contributed by atoms with E-state index in [1.807, 2.05) is 97.1 Å². The van der Waals surface area contributed by atoms with Crippen LogP contribution in [0.5, 0.6) is 34.5 Å². The van der Waals surface area contributed by atoms with Crippen molar-refractivity contribution in [3.8, 4) is 51.7 Å². The molecule has 0 aliphatic carbocycles. The predicted octanol–water partition coefficient (Wildman–Crippen LogP) is 16.2. The number of benzene rings is 7. The van der Waals surface area contributed by atoms with Gasteiger partial charge in [-0.2, -0.15) is 5.26 Å². The third-order valence-electron chi connectivity index (χ3n) is 14.3. The van der Waals surface area contributed by atoms with Crippen molar-refractivity contribution in [3.05, 3.63) is 203 Å². The van der Waals surface area contributed by atoms with Crippen LogP contribution in [-0.2, 0) is 27.1 Å². The van der Waals surface area contributed by atoms with E-state index in [4.69, 9.17) is 47.9 Å². The molecule has 0 fully saturated rings. The Balaban J connectivity index is 0.789. The highest BCUT2D eigenvalue weighted by Crippen LogP contribution is 2.26. The van der Waals surface area contributed by atoms with Crippen LogP contribution in [-0.4, -0.2) is 79.0 Å². The van der Waals surface area contributed by atoms with E-state index >= 15 is 0 Å². The number of carbonyl (C=O) groups excluding carboxylic acids is 2. The van der Waals surface area contributed by atoms with Crippen molar-refractivity contribution >= 4 is 11.8 Å². The lowest BCUT2D eigenvalue weighted by Gasteiger charge is -2.12. The van der Waals surface area contributed by atoms with Gasteiger partial charge < -0.3 is 42.6 Å². The molecule has 0 aromatic heterocycles. The highest BCUT2D eigenvalue weighted by Gasteiger charge is 2.16. The van der Waals surface area contributed by atoms with Gasteiger partial charge >= 0.3 is 5.97 Å². The summed E-state index contributed by atoms with van der Waals surface area (Å²) in [5, 5.41) is 9.09. The quantitative estimate of drug-likeness (QED) is 0.0156. The van der Waals surface area contributed by atoms with Gasteiger partial charge in [0.15, 0.2) is 12.6 Å². The van der Waals surface area contributed by atoms with Gasteiger partial charge in [0.1, 0.15) is 34.5 Å². The molecule has 0 atom stereocenters. The lowest BCUT2D eigenvalue weighted by atomic mass is 10.0. The van der Waals surface area contributed by atoms with E-state index < -0.39 is 5.97 Å². The van der Waals surface area contributed by atoms with Crippen molar-refractivity contribution in [2.45, 2.75) is 109 Å². The number of esters is 1. The number of ether oxygens (including phenoxy) is 9. The number of unbranched alkanes of at least 4 members (excludes halogenated alkanes) is 10. The third kappa shape index (κ3) is 23.6. The van der Waals surface area contributed by atoms with E-state index in [1.54, 1.807) is 32.4 Å². The molecule has 84 heavy (non-hydrogen) atoms. The molecule has 0 N–H and O–H groups in total. The molecule has 0 saturated heterocycles. The molecule has 12 heteroatoms.